The van der Waals surface area contributed by atoms with Crippen molar-refractivity contribution in [1.82, 2.24) is 24.8 Å². The molecule has 6 rings (SSSR count). The van der Waals surface area contributed by atoms with Gasteiger partial charge in [-0.1, -0.05) is 6.42 Å². The van der Waals surface area contributed by atoms with Crippen molar-refractivity contribution in [3.8, 4) is 23.1 Å². The van der Waals surface area contributed by atoms with Gasteiger partial charge in [-0.2, -0.15) is 5.26 Å². The smallest absolute Gasteiger partial charge is 0.268 e. The lowest BCUT2D eigenvalue weighted by Gasteiger charge is -2.54. The maximum atomic E-state index is 13.7. The molecule has 196 valence electrons. The first-order valence-corrected chi connectivity index (χ1v) is 13.2. The van der Waals surface area contributed by atoms with Crippen LogP contribution in [0.5, 0.6) is 5.75 Å². The Balaban J connectivity index is 1.42. The van der Waals surface area contributed by atoms with Crippen LogP contribution in [-0.4, -0.2) is 69.3 Å². The molecule has 2 aliphatic carbocycles. The number of pyridine rings is 3. The first-order chi connectivity index (χ1) is 18.5. The fourth-order valence-corrected chi connectivity index (χ4v) is 6.09. The molecule has 1 amide bonds. The maximum absolute atomic E-state index is 13.7. The minimum Gasteiger partial charge on any atom is -0.506 e. The van der Waals surface area contributed by atoms with E-state index in [0.29, 0.717) is 53.9 Å². The topological polar surface area (TPSA) is 133 Å². The third-order valence-corrected chi connectivity index (χ3v) is 8.37. The van der Waals surface area contributed by atoms with Gasteiger partial charge in [0.15, 0.2) is 0 Å². The number of amides is 1. The van der Waals surface area contributed by atoms with Crippen LogP contribution in [0.25, 0.3) is 22.3 Å². The van der Waals surface area contributed by atoms with Crippen LogP contribution in [0.1, 0.15) is 48.0 Å². The number of aromatic nitrogens is 3. The van der Waals surface area contributed by atoms with Gasteiger partial charge in [-0.25, -0.2) is 4.98 Å². The van der Waals surface area contributed by atoms with Gasteiger partial charge in [0.1, 0.15) is 23.0 Å². The van der Waals surface area contributed by atoms with E-state index in [1.165, 1.54) is 30.0 Å². The van der Waals surface area contributed by atoms with Crippen LogP contribution in [0.3, 0.4) is 0 Å². The van der Waals surface area contributed by atoms with Gasteiger partial charge in [0.05, 0.1) is 29.9 Å². The molecule has 10 heteroatoms. The molecule has 2 saturated carbocycles. The van der Waals surface area contributed by atoms with Crippen LogP contribution >= 0.6 is 0 Å². The summed E-state index contributed by atoms with van der Waals surface area (Å²) < 4.78 is 6.92. The molecule has 1 aliphatic heterocycles. The highest BCUT2D eigenvalue weighted by Gasteiger charge is 2.48. The third kappa shape index (κ3) is 4.31. The number of fused-ring (bicyclic) bond motifs is 1. The molecule has 1 saturated heterocycles. The lowest BCUT2D eigenvalue weighted by molar-refractivity contribution is -0.000679. The largest absolute Gasteiger partial charge is 0.506 e. The Kier molecular flexibility index (Phi) is 6.33. The number of morpholine rings is 1. The number of nitrogens with one attached hydrogen (secondary N) is 1. The average molecular weight is 515 g/mol. The van der Waals surface area contributed by atoms with Crippen molar-refractivity contribution in [2.45, 2.75) is 44.7 Å². The minimum atomic E-state index is -0.559. The van der Waals surface area contributed by atoms with E-state index in [0.717, 1.165) is 25.9 Å². The Bertz CT molecular complexity index is 1470. The number of ether oxygens (including phenoxy) is 1. The van der Waals surface area contributed by atoms with Gasteiger partial charge in [-0.05, 0) is 49.3 Å². The number of carbonyl (C=O) groups excluding carboxylic acids is 1. The van der Waals surface area contributed by atoms with Gasteiger partial charge in [0.25, 0.3) is 11.5 Å². The second kappa shape index (κ2) is 9.82. The van der Waals surface area contributed by atoms with E-state index >= 15 is 0 Å². The predicted molar refractivity (Wildman–Crippen MR) is 140 cm³/mol. The van der Waals surface area contributed by atoms with E-state index in [1.54, 1.807) is 24.4 Å². The lowest BCUT2D eigenvalue weighted by atomic mass is 9.54. The van der Waals surface area contributed by atoms with E-state index < -0.39 is 17.2 Å². The molecule has 3 aromatic heterocycles. The second-order valence-electron chi connectivity index (χ2n) is 10.7. The minimum absolute atomic E-state index is 0.00709. The molecule has 3 aliphatic rings. The summed E-state index contributed by atoms with van der Waals surface area (Å²) in [5.74, 6) is -0.951. The molecule has 2 N–H and O–H groups in total. The van der Waals surface area contributed by atoms with Crippen LogP contribution in [0.2, 0.25) is 0 Å². The Morgan fingerprint density at radius 3 is 2.63 bits per heavy atom. The summed E-state index contributed by atoms with van der Waals surface area (Å²) in [5.41, 5.74) is 1.26. The fourth-order valence-electron chi connectivity index (χ4n) is 6.09. The number of nitriles is 1. The Labute approximate surface area is 219 Å². The molecule has 3 fully saturated rings. The molecule has 4 heterocycles. The highest BCUT2D eigenvalue weighted by molar-refractivity contribution is 6.05. The quantitative estimate of drug-likeness (QED) is 0.512. The van der Waals surface area contributed by atoms with Gasteiger partial charge in [-0.15, -0.1) is 0 Å². The normalized spacial score (nSPS) is 19.0. The van der Waals surface area contributed by atoms with Gasteiger partial charge < -0.3 is 15.2 Å². The zero-order chi connectivity index (χ0) is 26.3. The molecule has 10 nitrogen and oxygen atoms in total. The van der Waals surface area contributed by atoms with Crippen molar-refractivity contribution in [3.63, 3.8) is 0 Å². The molecule has 38 heavy (non-hydrogen) atoms. The molecule has 0 bridgehead atoms. The van der Waals surface area contributed by atoms with Gasteiger partial charge >= 0.3 is 0 Å². The molecular formula is C28H30N6O4. The number of nitrogens with zero attached hydrogens (tertiary/aromatic N) is 5. The summed E-state index contributed by atoms with van der Waals surface area (Å²) in [4.78, 5) is 38.2. The summed E-state index contributed by atoms with van der Waals surface area (Å²) in [6.07, 6.45) is 8.48. The molecule has 1 spiro atoms. The second-order valence-corrected chi connectivity index (χ2v) is 10.7. The number of rotatable bonds is 6. The van der Waals surface area contributed by atoms with Gasteiger partial charge in [0, 0.05) is 50.2 Å². The highest BCUT2D eigenvalue weighted by atomic mass is 16.5. The van der Waals surface area contributed by atoms with Gasteiger partial charge in [0.2, 0.25) is 0 Å². The Hall–Kier alpha value is -3.81. The molecule has 0 unspecified atom stereocenters. The molecule has 0 aromatic carbocycles. The number of hydrogen-bond acceptors (Lipinski definition) is 8. The highest BCUT2D eigenvalue weighted by Crippen LogP contribution is 2.55. The summed E-state index contributed by atoms with van der Waals surface area (Å²) in [5, 5.41) is 23.9. The maximum Gasteiger partial charge on any atom is 0.268 e. The average Bonchev–Trinajstić information content (AvgIpc) is 2.89. The van der Waals surface area contributed by atoms with Crippen LogP contribution in [0, 0.1) is 16.7 Å². The van der Waals surface area contributed by atoms with Crippen molar-refractivity contribution in [2.75, 3.05) is 32.8 Å². The van der Waals surface area contributed by atoms with Crippen molar-refractivity contribution in [1.29, 1.82) is 5.26 Å². The third-order valence-electron chi connectivity index (χ3n) is 8.37. The molecule has 0 radical (unpaired) electrons. The standard InChI is InChI=1S/C28H30N6O4/c29-16-18-2-3-21(31-17-18)20-4-7-30-25-22(20)24(35)23(26(36)32-19-14-28(15-19)5-1-6-28)27(37)34(25)9-8-33-10-12-38-13-11-33/h2-4,7,17,19,35H,1,5-6,8-15H2,(H,32,36). The Morgan fingerprint density at radius 1 is 1.18 bits per heavy atom. The van der Waals surface area contributed by atoms with Crippen LogP contribution in [0.15, 0.2) is 35.4 Å². The molecule has 3 aromatic rings. The number of carbonyl (C=O) groups is 1. The van der Waals surface area contributed by atoms with Crippen LogP contribution in [0.4, 0.5) is 0 Å². The van der Waals surface area contributed by atoms with Crippen molar-refractivity contribution in [2.24, 2.45) is 5.41 Å². The predicted octanol–water partition coefficient (Wildman–Crippen LogP) is 2.43. The van der Waals surface area contributed by atoms with E-state index in [-0.39, 0.29) is 17.3 Å². The van der Waals surface area contributed by atoms with E-state index in [9.17, 15) is 14.7 Å². The van der Waals surface area contributed by atoms with Crippen LogP contribution in [-0.2, 0) is 11.3 Å². The lowest BCUT2D eigenvalue weighted by Crippen LogP contribution is -2.54. The monoisotopic (exact) mass is 514 g/mol. The van der Waals surface area contributed by atoms with Crippen LogP contribution < -0.4 is 10.9 Å². The Morgan fingerprint density at radius 2 is 1.97 bits per heavy atom. The number of aromatic hydroxyl groups is 1. The van der Waals surface area contributed by atoms with Crippen molar-refractivity contribution < 1.29 is 14.6 Å². The number of hydrogen-bond donors (Lipinski definition) is 2. The van der Waals surface area contributed by atoms with Crippen molar-refractivity contribution >= 4 is 16.9 Å². The van der Waals surface area contributed by atoms with E-state index in [1.807, 2.05) is 6.07 Å². The summed E-state index contributed by atoms with van der Waals surface area (Å²) in [6.45, 7) is 3.67. The first-order valence-electron chi connectivity index (χ1n) is 13.2. The fraction of sp³-hybridized carbons (Fsp3) is 0.464. The first kappa shape index (κ1) is 24.5. The summed E-state index contributed by atoms with van der Waals surface area (Å²) >= 11 is 0. The molecular weight excluding hydrogens is 484 g/mol. The summed E-state index contributed by atoms with van der Waals surface area (Å²) in [7, 11) is 0. The zero-order valence-corrected chi connectivity index (χ0v) is 21.2. The SMILES string of the molecule is N#Cc1ccc(-c2ccnc3c2c(O)c(C(=O)NC2CC4(CCC4)C2)c(=O)n3CCN2CCOCC2)nc1. The van der Waals surface area contributed by atoms with E-state index in [2.05, 4.69) is 20.2 Å². The molecule has 0 atom stereocenters. The van der Waals surface area contributed by atoms with E-state index in [4.69, 9.17) is 10.00 Å². The van der Waals surface area contributed by atoms with Gasteiger partial charge in [-0.3, -0.25) is 24.0 Å². The van der Waals surface area contributed by atoms with Crippen molar-refractivity contribution in [3.05, 3.63) is 52.1 Å². The zero-order valence-electron chi connectivity index (χ0n) is 21.2. The summed E-state index contributed by atoms with van der Waals surface area (Å²) in [6, 6.07) is 7.07.